The van der Waals surface area contributed by atoms with Crippen LogP contribution in [0.4, 0.5) is 11.4 Å². The Balaban J connectivity index is 1.63. The molecule has 1 heterocycles. The predicted octanol–water partition coefficient (Wildman–Crippen LogP) is 6.10. The number of rotatable bonds is 9. The Labute approximate surface area is 233 Å². The molecular weight excluding hydrogens is 508 g/mol. The summed E-state index contributed by atoms with van der Waals surface area (Å²) >= 11 is 1.24. The zero-order valence-electron chi connectivity index (χ0n) is 22.1. The minimum absolute atomic E-state index is 0.0935. The number of amides is 2. The molecular formula is C31H30N4O3S. The Morgan fingerprint density at radius 3 is 2.26 bits per heavy atom. The molecule has 0 spiro atoms. The van der Waals surface area contributed by atoms with Gasteiger partial charge in [-0.1, -0.05) is 59.8 Å². The molecule has 0 saturated heterocycles. The Morgan fingerprint density at radius 1 is 0.949 bits per heavy atom. The summed E-state index contributed by atoms with van der Waals surface area (Å²) in [5.74, 6) is -0.327. The van der Waals surface area contributed by atoms with Gasteiger partial charge in [0.25, 0.3) is 5.91 Å². The van der Waals surface area contributed by atoms with E-state index in [2.05, 4.69) is 22.0 Å². The number of allylic oxidation sites excluding steroid dienone is 2. The summed E-state index contributed by atoms with van der Waals surface area (Å²) < 4.78 is 5.59. The molecule has 0 radical (unpaired) electrons. The number of thioether (sulfide) groups is 1. The van der Waals surface area contributed by atoms with Crippen molar-refractivity contribution in [3.63, 3.8) is 0 Å². The Morgan fingerprint density at radius 2 is 1.62 bits per heavy atom. The standard InChI is InChI=1S/C31H30N4O3S/c1-4-38-25-16-12-22(13-17-25)29-26(18-32)31(39-19-27(36)34-24-14-10-20(2)11-15-24)33-21(3)28(29)30(37)35-23-8-6-5-7-9-23/h5-17,29,33H,4,19H2,1-3H3,(H,34,36)(H,35,37)/t29-/m0/s1. The van der Waals surface area contributed by atoms with Crippen molar-refractivity contribution >= 4 is 35.0 Å². The van der Waals surface area contributed by atoms with Gasteiger partial charge in [-0.2, -0.15) is 5.26 Å². The number of carbonyl (C=O) groups excluding carboxylic acids is 2. The third-order valence-corrected chi connectivity index (χ3v) is 7.15. The van der Waals surface area contributed by atoms with Gasteiger partial charge in [0.1, 0.15) is 5.75 Å². The lowest BCUT2D eigenvalue weighted by Gasteiger charge is -2.30. The number of aryl methyl sites for hydroxylation is 1. The van der Waals surface area contributed by atoms with Crippen molar-refractivity contribution < 1.29 is 14.3 Å². The van der Waals surface area contributed by atoms with E-state index in [9.17, 15) is 14.9 Å². The number of dihydropyridines is 1. The summed E-state index contributed by atoms with van der Waals surface area (Å²) in [4.78, 5) is 26.2. The molecule has 8 heteroatoms. The van der Waals surface area contributed by atoms with Crippen LogP contribution in [0.1, 0.15) is 30.9 Å². The minimum Gasteiger partial charge on any atom is -0.494 e. The average Bonchev–Trinajstić information content (AvgIpc) is 2.94. The lowest BCUT2D eigenvalue weighted by molar-refractivity contribution is -0.114. The van der Waals surface area contributed by atoms with Crippen LogP contribution in [0.25, 0.3) is 0 Å². The molecule has 39 heavy (non-hydrogen) atoms. The Bertz CT molecular complexity index is 1440. The third kappa shape index (κ3) is 6.89. The van der Waals surface area contributed by atoms with Gasteiger partial charge < -0.3 is 20.7 Å². The highest BCUT2D eigenvalue weighted by Gasteiger charge is 2.35. The van der Waals surface area contributed by atoms with Crippen LogP contribution in [0.5, 0.6) is 5.75 Å². The lowest BCUT2D eigenvalue weighted by atomic mass is 9.82. The second-order valence-electron chi connectivity index (χ2n) is 8.98. The fraction of sp³-hybridized carbons (Fsp3) is 0.194. The smallest absolute Gasteiger partial charge is 0.254 e. The van der Waals surface area contributed by atoms with Gasteiger partial charge >= 0.3 is 0 Å². The summed E-state index contributed by atoms with van der Waals surface area (Å²) in [6, 6.07) is 26.5. The number of nitrogens with zero attached hydrogens (tertiary/aromatic N) is 1. The van der Waals surface area contributed by atoms with Crippen LogP contribution < -0.4 is 20.7 Å². The molecule has 2 amide bonds. The van der Waals surface area contributed by atoms with Crippen molar-refractivity contribution in [2.24, 2.45) is 0 Å². The summed E-state index contributed by atoms with van der Waals surface area (Å²) in [7, 11) is 0. The van der Waals surface area contributed by atoms with Crippen molar-refractivity contribution in [3.8, 4) is 11.8 Å². The maximum absolute atomic E-state index is 13.6. The number of ether oxygens (including phenoxy) is 1. The first-order valence-electron chi connectivity index (χ1n) is 12.6. The first-order valence-corrected chi connectivity index (χ1v) is 13.6. The van der Waals surface area contributed by atoms with Gasteiger partial charge in [0.05, 0.1) is 34.9 Å². The lowest BCUT2D eigenvalue weighted by Crippen LogP contribution is -2.31. The van der Waals surface area contributed by atoms with E-state index in [0.29, 0.717) is 45.6 Å². The summed E-state index contributed by atoms with van der Waals surface area (Å²) in [6.07, 6.45) is 0. The molecule has 1 aliphatic heterocycles. The molecule has 198 valence electrons. The van der Waals surface area contributed by atoms with Crippen molar-refractivity contribution in [2.75, 3.05) is 23.0 Å². The van der Waals surface area contributed by atoms with E-state index in [-0.39, 0.29) is 17.6 Å². The zero-order valence-corrected chi connectivity index (χ0v) is 22.9. The fourth-order valence-electron chi connectivity index (χ4n) is 4.28. The molecule has 1 atom stereocenters. The van der Waals surface area contributed by atoms with Gasteiger partial charge in [0.15, 0.2) is 0 Å². The van der Waals surface area contributed by atoms with Gasteiger partial charge in [0, 0.05) is 22.6 Å². The van der Waals surface area contributed by atoms with Crippen LogP contribution in [0, 0.1) is 18.3 Å². The monoisotopic (exact) mass is 538 g/mol. The Kier molecular flexibility index (Phi) is 9.08. The minimum atomic E-state index is -0.627. The van der Waals surface area contributed by atoms with Crippen LogP contribution in [-0.2, 0) is 9.59 Å². The SMILES string of the molecule is CCOc1ccc([C@H]2C(C#N)=C(SCC(=O)Nc3ccc(C)cc3)NC(C)=C2C(=O)Nc2ccccc2)cc1. The van der Waals surface area contributed by atoms with E-state index in [0.717, 1.165) is 11.1 Å². The van der Waals surface area contributed by atoms with Crippen molar-refractivity contribution in [2.45, 2.75) is 26.7 Å². The molecule has 0 fully saturated rings. The van der Waals surface area contributed by atoms with E-state index in [1.807, 2.05) is 99.6 Å². The highest BCUT2D eigenvalue weighted by molar-refractivity contribution is 8.03. The number of anilines is 2. The second kappa shape index (κ2) is 12.9. The van der Waals surface area contributed by atoms with Gasteiger partial charge in [0.2, 0.25) is 5.91 Å². The van der Waals surface area contributed by atoms with Crippen LogP contribution in [0.3, 0.4) is 0 Å². The number of hydrogen-bond acceptors (Lipinski definition) is 6. The number of hydrogen-bond donors (Lipinski definition) is 3. The van der Waals surface area contributed by atoms with E-state index in [1.54, 1.807) is 0 Å². The van der Waals surface area contributed by atoms with Crippen LogP contribution in [-0.4, -0.2) is 24.2 Å². The largest absolute Gasteiger partial charge is 0.494 e. The third-order valence-electron chi connectivity index (χ3n) is 6.13. The van der Waals surface area contributed by atoms with Crippen molar-refractivity contribution in [3.05, 3.63) is 112 Å². The van der Waals surface area contributed by atoms with Crippen LogP contribution >= 0.6 is 11.8 Å². The molecule has 0 aliphatic carbocycles. The molecule has 0 bridgehead atoms. The van der Waals surface area contributed by atoms with E-state index < -0.39 is 5.92 Å². The van der Waals surface area contributed by atoms with Crippen molar-refractivity contribution in [1.82, 2.24) is 5.32 Å². The molecule has 7 nitrogen and oxygen atoms in total. The summed E-state index contributed by atoms with van der Waals surface area (Å²) in [5.41, 5.74) is 4.67. The fourth-order valence-corrected chi connectivity index (χ4v) is 5.17. The van der Waals surface area contributed by atoms with Gasteiger partial charge in [-0.15, -0.1) is 0 Å². The maximum atomic E-state index is 13.6. The predicted molar refractivity (Wildman–Crippen MR) is 156 cm³/mol. The van der Waals surface area contributed by atoms with E-state index in [4.69, 9.17) is 4.74 Å². The van der Waals surface area contributed by atoms with E-state index >= 15 is 0 Å². The molecule has 4 rings (SSSR count). The molecule has 0 unspecified atom stereocenters. The number of carbonyl (C=O) groups is 2. The van der Waals surface area contributed by atoms with Gasteiger partial charge in [-0.05, 0) is 62.7 Å². The molecule has 3 N–H and O–H groups in total. The van der Waals surface area contributed by atoms with Crippen LogP contribution in [0.2, 0.25) is 0 Å². The molecule has 3 aromatic rings. The van der Waals surface area contributed by atoms with E-state index in [1.165, 1.54) is 11.8 Å². The molecule has 3 aromatic carbocycles. The highest BCUT2D eigenvalue weighted by atomic mass is 32.2. The average molecular weight is 539 g/mol. The summed E-state index contributed by atoms with van der Waals surface area (Å²) in [5, 5.41) is 19.9. The number of benzene rings is 3. The van der Waals surface area contributed by atoms with Crippen LogP contribution in [0.15, 0.2) is 101 Å². The zero-order chi connectivity index (χ0) is 27.8. The quantitative estimate of drug-likeness (QED) is 0.304. The van der Waals surface area contributed by atoms with Crippen molar-refractivity contribution in [1.29, 1.82) is 5.26 Å². The number of para-hydroxylation sites is 1. The Hall–Kier alpha value is -4.48. The second-order valence-corrected chi connectivity index (χ2v) is 9.96. The maximum Gasteiger partial charge on any atom is 0.254 e. The van der Waals surface area contributed by atoms with Gasteiger partial charge in [-0.3, -0.25) is 9.59 Å². The normalized spacial score (nSPS) is 14.8. The molecule has 1 aliphatic rings. The first-order chi connectivity index (χ1) is 18.9. The molecule has 0 aromatic heterocycles. The highest BCUT2D eigenvalue weighted by Crippen LogP contribution is 2.41. The number of nitrogens with one attached hydrogen (secondary N) is 3. The summed E-state index contributed by atoms with van der Waals surface area (Å²) in [6.45, 7) is 6.23. The molecule has 0 saturated carbocycles. The number of nitriles is 1. The first kappa shape index (κ1) is 27.6. The van der Waals surface area contributed by atoms with Gasteiger partial charge in [-0.25, -0.2) is 0 Å². The topological polar surface area (TPSA) is 103 Å².